The summed E-state index contributed by atoms with van der Waals surface area (Å²) in [6, 6.07) is 9.91. The number of amides is 1. The molecule has 0 aliphatic heterocycles. The highest BCUT2D eigenvalue weighted by atomic mass is 16.2. The van der Waals surface area contributed by atoms with Gasteiger partial charge in [-0.2, -0.15) is 5.10 Å². The van der Waals surface area contributed by atoms with Crippen LogP contribution < -0.4 is 0 Å². The van der Waals surface area contributed by atoms with Gasteiger partial charge in [-0.3, -0.25) is 4.79 Å². The van der Waals surface area contributed by atoms with Crippen LogP contribution in [0.1, 0.15) is 49.3 Å². The molecule has 0 saturated heterocycles. The summed E-state index contributed by atoms with van der Waals surface area (Å²) in [6.45, 7) is 12.2. The predicted octanol–water partition coefficient (Wildman–Crippen LogP) is 4.27. The second-order valence-corrected chi connectivity index (χ2v) is 7.22. The topological polar surface area (TPSA) is 50.5 Å². The van der Waals surface area contributed by atoms with E-state index in [0.29, 0.717) is 5.56 Å². The van der Waals surface area contributed by atoms with Crippen molar-refractivity contribution in [3.63, 3.8) is 0 Å². The molecule has 136 valence electrons. The van der Waals surface area contributed by atoms with Gasteiger partial charge in [0.25, 0.3) is 5.91 Å². The number of fused-ring (bicyclic) bond motifs is 1. The predicted molar refractivity (Wildman–Crippen MR) is 104 cm³/mol. The first-order valence-electron chi connectivity index (χ1n) is 9.06. The quantitative estimate of drug-likeness (QED) is 0.706. The fourth-order valence-electron chi connectivity index (χ4n) is 3.54. The van der Waals surface area contributed by atoms with Crippen molar-refractivity contribution in [1.82, 2.24) is 19.5 Å². The maximum atomic E-state index is 13.4. The van der Waals surface area contributed by atoms with Crippen molar-refractivity contribution in [2.75, 3.05) is 0 Å². The number of aromatic nitrogens is 3. The van der Waals surface area contributed by atoms with Gasteiger partial charge in [-0.15, -0.1) is 0 Å². The van der Waals surface area contributed by atoms with Crippen LogP contribution in [0.15, 0.2) is 36.5 Å². The van der Waals surface area contributed by atoms with Crippen LogP contribution in [-0.4, -0.2) is 37.5 Å². The zero-order valence-electron chi connectivity index (χ0n) is 16.3. The van der Waals surface area contributed by atoms with Gasteiger partial charge in [0, 0.05) is 35.0 Å². The molecule has 2 heterocycles. The molecule has 3 aromatic rings. The molecule has 0 bridgehead atoms. The summed E-state index contributed by atoms with van der Waals surface area (Å²) in [5.41, 5.74) is 5.27. The van der Waals surface area contributed by atoms with Gasteiger partial charge in [-0.25, -0.2) is 9.50 Å². The molecule has 0 spiro atoms. The van der Waals surface area contributed by atoms with E-state index in [1.54, 1.807) is 6.20 Å². The summed E-state index contributed by atoms with van der Waals surface area (Å²) < 4.78 is 1.82. The second kappa shape index (κ2) is 6.90. The number of aryl methyl sites for hydroxylation is 1. The minimum absolute atomic E-state index is 0.0415. The first-order chi connectivity index (χ1) is 12.3. The van der Waals surface area contributed by atoms with E-state index in [1.165, 1.54) is 0 Å². The van der Waals surface area contributed by atoms with Gasteiger partial charge in [0.05, 0.1) is 11.9 Å². The molecular weight excluding hydrogens is 324 g/mol. The Morgan fingerprint density at radius 3 is 2.35 bits per heavy atom. The van der Waals surface area contributed by atoms with Gasteiger partial charge < -0.3 is 4.90 Å². The molecule has 3 rings (SSSR count). The summed E-state index contributed by atoms with van der Waals surface area (Å²) in [7, 11) is 0. The molecule has 0 fully saturated rings. The van der Waals surface area contributed by atoms with Crippen molar-refractivity contribution in [2.45, 2.75) is 53.6 Å². The van der Waals surface area contributed by atoms with Gasteiger partial charge in [-0.1, -0.05) is 18.2 Å². The number of nitrogens with zero attached hydrogens (tertiary/aromatic N) is 4. The molecule has 0 saturated carbocycles. The molecule has 1 aromatic carbocycles. The smallest absolute Gasteiger partial charge is 0.255 e. The third-order valence-corrected chi connectivity index (χ3v) is 4.77. The van der Waals surface area contributed by atoms with E-state index in [-0.39, 0.29) is 18.0 Å². The number of rotatable bonds is 4. The molecular formula is C21H26N4O. The minimum Gasteiger partial charge on any atom is -0.334 e. The van der Waals surface area contributed by atoms with Crippen LogP contribution in [0.5, 0.6) is 0 Å². The highest BCUT2D eigenvalue weighted by molar-refractivity contribution is 6.01. The van der Waals surface area contributed by atoms with E-state index in [0.717, 1.165) is 28.2 Å². The van der Waals surface area contributed by atoms with E-state index >= 15 is 0 Å². The summed E-state index contributed by atoms with van der Waals surface area (Å²) in [5.74, 6) is 0.0415. The first-order valence-corrected chi connectivity index (χ1v) is 9.06. The molecule has 0 aliphatic carbocycles. The summed E-state index contributed by atoms with van der Waals surface area (Å²) in [5, 5.41) is 4.44. The summed E-state index contributed by atoms with van der Waals surface area (Å²) in [6.07, 6.45) is 1.74. The van der Waals surface area contributed by atoms with E-state index in [9.17, 15) is 4.79 Å². The molecule has 5 nitrogen and oxygen atoms in total. The van der Waals surface area contributed by atoms with Crippen molar-refractivity contribution in [3.8, 4) is 11.3 Å². The van der Waals surface area contributed by atoms with E-state index in [2.05, 4.69) is 10.1 Å². The summed E-state index contributed by atoms with van der Waals surface area (Å²) >= 11 is 0. The molecule has 1 amide bonds. The Labute approximate surface area is 154 Å². The zero-order valence-corrected chi connectivity index (χ0v) is 16.3. The third-order valence-electron chi connectivity index (χ3n) is 4.77. The molecule has 0 radical (unpaired) electrons. The van der Waals surface area contributed by atoms with Gasteiger partial charge in [0.15, 0.2) is 5.65 Å². The molecule has 0 atom stereocenters. The average Bonchev–Trinajstić information content (AvgIpc) is 3.03. The Bertz CT molecular complexity index is 948. The van der Waals surface area contributed by atoms with Crippen LogP contribution in [-0.2, 0) is 0 Å². The van der Waals surface area contributed by atoms with Gasteiger partial charge >= 0.3 is 0 Å². The standard InChI is InChI=1S/C21H26N4O/c1-13(2)24(14(3)4)21(26)18-10-8-7-9-17(18)20-15(5)16(6)23-19-11-12-22-25(19)20/h7-14H,1-6H3. The van der Waals surface area contributed by atoms with Crippen molar-refractivity contribution in [2.24, 2.45) is 0 Å². The highest BCUT2D eigenvalue weighted by Crippen LogP contribution is 2.30. The number of hydrogen-bond acceptors (Lipinski definition) is 3. The molecule has 2 aromatic heterocycles. The average molecular weight is 350 g/mol. The Morgan fingerprint density at radius 1 is 1.04 bits per heavy atom. The monoisotopic (exact) mass is 350 g/mol. The Morgan fingerprint density at radius 2 is 1.69 bits per heavy atom. The lowest BCUT2D eigenvalue weighted by atomic mass is 9.98. The van der Waals surface area contributed by atoms with Crippen LogP contribution in [0.2, 0.25) is 0 Å². The van der Waals surface area contributed by atoms with E-state index in [1.807, 2.05) is 81.3 Å². The summed E-state index contributed by atoms with van der Waals surface area (Å²) in [4.78, 5) is 19.9. The van der Waals surface area contributed by atoms with Crippen molar-refractivity contribution < 1.29 is 4.79 Å². The van der Waals surface area contributed by atoms with Crippen molar-refractivity contribution in [1.29, 1.82) is 0 Å². The van der Waals surface area contributed by atoms with Crippen LogP contribution >= 0.6 is 0 Å². The van der Waals surface area contributed by atoms with E-state index < -0.39 is 0 Å². The molecule has 0 aliphatic rings. The lowest BCUT2D eigenvalue weighted by Crippen LogP contribution is -2.42. The SMILES string of the molecule is Cc1nc2ccnn2c(-c2ccccc2C(=O)N(C(C)C)C(C)C)c1C. The zero-order chi connectivity index (χ0) is 19.0. The fraction of sp³-hybridized carbons (Fsp3) is 0.381. The van der Waals surface area contributed by atoms with Crippen molar-refractivity contribution in [3.05, 3.63) is 53.3 Å². The Kier molecular flexibility index (Phi) is 4.81. The Balaban J connectivity index is 2.26. The van der Waals surface area contributed by atoms with Crippen LogP contribution in [0.4, 0.5) is 0 Å². The number of benzene rings is 1. The largest absolute Gasteiger partial charge is 0.334 e. The lowest BCUT2D eigenvalue weighted by molar-refractivity contribution is 0.0644. The molecule has 0 unspecified atom stereocenters. The molecule has 26 heavy (non-hydrogen) atoms. The van der Waals surface area contributed by atoms with Gasteiger partial charge in [-0.05, 0) is 53.2 Å². The number of carbonyl (C=O) groups excluding carboxylic acids is 1. The van der Waals surface area contributed by atoms with Crippen molar-refractivity contribution >= 4 is 11.6 Å². The van der Waals surface area contributed by atoms with Crippen LogP contribution in [0.25, 0.3) is 16.9 Å². The number of carbonyl (C=O) groups is 1. The van der Waals surface area contributed by atoms with Crippen LogP contribution in [0.3, 0.4) is 0 Å². The second-order valence-electron chi connectivity index (χ2n) is 7.22. The molecule has 0 N–H and O–H groups in total. The third kappa shape index (κ3) is 2.98. The normalized spacial score (nSPS) is 11.5. The lowest BCUT2D eigenvalue weighted by Gasteiger charge is -2.31. The Hall–Kier alpha value is -2.69. The fourth-order valence-corrected chi connectivity index (χ4v) is 3.54. The first kappa shape index (κ1) is 18.1. The minimum atomic E-state index is 0.0415. The maximum Gasteiger partial charge on any atom is 0.255 e. The van der Waals surface area contributed by atoms with E-state index in [4.69, 9.17) is 0 Å². The van der Waals surface area contributed by atoms with Gasteiger partial charge in [0.2, 0.25) is 0 Å². The maximum absolute atomic E-state index is 13.4. The highest BCUT2D eigenvalue weighted by Gasteiger charge is 2.25. The van der Waals surface area contributed by atoms with Gasteiger partial charge in [0.1, 0.15) is 0 Å². The molecule has 5 heteroatoms. The van der Waals surface area contributed by atoms with Crippen LogP contribution in [0, 0.1) is 13.8 Å². The number of hydrogen-bond donors (Lipinski definition) is 0.